The lowest BCUT2D eigenvalue weighted by atomic mass is 10.2. The third-order valence-corrected chi connectivity index (χ3v) is 2.13. The third-order valence-electron chi connectivity index (χ3n) is 2.13. The Morgan fingerprint density at radius 2 is 2.08 bits per heavy atom. The Hall–Kier alpha value is -0.770. The van der Waals surface area contributed by atoms with Crippen molar-refractivity contribution < 1.29 is 0 Å². The zero-order chi connectivity index (χ0) is 9.52. The summed E-state index contributed by atoms with van der Waals surface area (Å²) in [4.78, 5) is 4.18. The van der Waals surface area contributed by atoms with Crippen LogP contribution in [0, 0.1) is 0 Å². The number of nitrogens with one attached hydrogen (secondary N) is 1. The first-order valence-corrected chi connectivity index (χ1v) is 5.14. The van der Waals surface area contributed by atoms with Crippen molar-refractivity contribution in [1.82, 2.24) is 10.4 Å². The largest absolute Gasteiger partial charge is 0.369 e. The molecule has 0 aromatic heterocycles. The molecule has 0 spiro atoms. The molecule has 1 fully saturated rings. The summed E-state index contributed by atoms with van der Waals surface area (Å²) in [5, 5.41) is 2.15. The lowest BCUT2D eigenvalue weighted by Crippen LogP contribution is -2.48. The normalized spacial score (nSPS) is 20.2. The Morgan fingerprint density at radius 1 is 1.38 bits per heavy atom. The van der Waals surface area contributed by atoms with Gasteiger partial charge < -0.3 is 5.73 Å². The minimum absolute atomic E-state index is 0.559. The zero-order valence-electron chi connectivity index (χ0n) is 8.42. The molecule has 4 heteroatoms. The van der Waals surface area contributed by atoms with E-state index in [0.717, 1.165) is 26.1 Å². The van der Waals surface area contributed by atoms with Crippen molar-refractivity contribution in [2.75, 3.05) is 19.6 Å². The maximum atomic E-state index is 5.69. The zero-order valence-corrected chi connectivity index (χ0v) is 8.42. The van der Waals surface area contributed by atoms with Gasteiger partial charge in [0.1, 0.15) is 0 Å². The van der Waals surface area contributed by atoms with E-state index < -0.39 is 0 Å². The van der Waals surface area contributed by atoms with Crippen molar-refractivity contribution in [2.24, 2.45) is 10.7 Å². The summed E-state index contributed by atoms with van der Waals surface area (Å²) < 4.78 is 0. The Bertz CT molecular complexity index is 161. The molecule has 0 atom stereocenters. The van der Waals surface area contributed by atoms with Gasteiger partial charge in [0, 0.05) is 19.6 Å². The monoisotopic (exact) mass is 184 g/mol. The van der Waals surface area contributed by atoms with Gasteiger partial charge in [-0.3, -0.25) is 10.4 Å². The molecule has 0 unspecified atom stereocenters. The predicted molar refractivity (Wildman–Crippen MR) is 55.3 cm³/mol. The lowest BCUT2D eigenvalue weighted by Gasteiger charge is -2.27. The molecule has 0 amide bonds. The SMILES string of the molecule is CCCN=C(N)NN1CCCCC1. The molecule has 0 aromatic carbocycles. The summed E-state index contributed by atoms with van der Waals surface area (Å²) in [5.74, 6) is 0.559. The first-order valence-electron chi connectivity index (χ1n) is 5.14. The summed E-state index contributed by atoms with van der Waals surface area (Å²) in [6.07, 6.45) is 4.90. The topological polar surface area (TPSA) is 53.6 Å². The van der Waals surface area contributed by atoms with Gasteiger partial charge in [-0.15, -0.1) is 0 Å². The second kappa shape index (κ2) is 5.80. The van der Waals surface area contributed by atoms with E-state index in [1.807, 2.05) is 0 Å². The van der Waals surface area contributed by atoms with Crippen LogP contribution in [0.2, 0.25) is 0 Å². The molecule has 1 aliphatic rings. The second-order valence-corrected chi connectivity index (χ2v) is 3.43. The fourth-order valence-corrected chi connectivity index (χ4v) is 1.44. The van der Waals surface area contributed by atoms with Crippen LogP contribution in [0.5, 0.6) is 0 Å². The highest BCUT2D eigenvalue weighted by atomic mass is 15.5. The van der Waals surface area contributed by atoms with Crippen LogP contribution in [-0.2, 0) is 0 Å². The highest BCUT2D eigenvalue weighted by Crippen LogP contribution is 2.05. The Morgan fingerprint density at radius 3 is 2.69 bits per heavy atom. The van der Waals surface area contributed by atoms with Crippen LogP contribution in [0.1, 0.15) is 32.6 Å². The van der Waals surface area contributed by atoms with Gasteiger partial charge in [0.25, 0.3) is 0 Å². The summed E-state index contributed by atoms with van der Waals surface area (Å²) in [7, 11) is 0. The molecule has 0 radical (unpaired) electrons. The number of nitrogens with zero attached hydrogens (tertiary/aromatic N) is 2. The number of nitrogens with two attached hydrogens (primary N) is 1. The van der Waals surface area contributed by atoms with Gasteiger partial charge in [0.05, 0.1) is 0 Å². The number of aliphatic imine (C=N–C) groups is 1. The van der Waals surface area contributed by atoms with Crippen molar-refractivity contribution >= 4 is 5.96 Å². The van der Waals surface area contributed by atoms with Crippen molar-refractivity contribution in [3.05, 3.63) is 0 Å². The molecule has 0 aliphatic carbocycles. The first-order chi connectivity index (χ1) is 6.33. The van der Waals surface area contributed by atoms with Gasteiger partial charge >= 0.3 is 0 Å². The molecule has 0 bridgehead atoms. The van der Waals surface area contributed by atoms with E-state index in [1.165, 1.54) is 19.3 Å². The first kappa shape index (κ1) is 10.3. The maximum Gasteiger partial charge on any atom is 0.203 e. The minimum atomic E-state index is 0.559. The third kappa shape index (κ3) is 4.12. The van der Waals surface area contributed by atoms with Crippen molar-refractivity contribution in [3.8, 4) is 0 Å². The van der Waals surface area contributed by atoms with Crippen LogP contribution in [0.4, 0.5) is 0 Å². The highest BCUT2D eigenvalue weighted by Gasteiger charge is 2.09. The molecule has 0 saturated carbocycles. The van der Waals surface area contributed by atoms with E-state index in [0.29, 0.717) is 5.96 Å². The highest BCUT2D eigenvalue weighted by molar-refractivity contribution is 5.77. The predicted octanol–water partition coefficient (Wildman–Crippen LogP) is 0.702. The number of piperidine rings is 1. The van der Waals surface area contributed by atoms with Crippen LogP contribution in [-0.4, -0.2) is 30.6 Å². The van der Waals surface area contributed by atoms with Crippen LogP contribution in [0.25, 0.3) is 0 Å². The van der Waals surface area contributed by atoms with Gasteiger partial charge in [0.2, 0.25) is 5.96 Å². The average Bonchev–Trinajstić information content (AvgIpc) is 2.16. The number of rotatable bonds is 3. The minimum Gasteiger partial charge on any atom is -0.369 e. The van der Waals surface area contributed by atoms with E-state index in [2.05, 4.69) is 22.4 Å². The quantitative estimate of drug-likeness (QED) is 0.501. The number of hydrogen-bond donors (Lipinski definition) is 2. The summed E-state index contributed by atoms with van der Waals surface area (Å²) in [5.41, 5.74) is 8.80. The van der Waals surface area contributed by atoms with E-state index in [4.69, 9.17) is 5.73 Å². The van der Waals surface area contributed by atoms with Gasteiger partial charge in [-0.25, -0.2) is 5.01 Å². The molecule has 4 nitrogen and oxygen atoms in total. The summed E-state index contributed by atoms with van der Waals surface area (Å²) in [6, 6.07) is 0. The average molecular weight is 184 g/mol. The van der Waals surface area contributed by atoms with Crippen molar-refractivity contribution in [1.29, 1.82) is 0 Å². The molecule has 0 aromatic rings. The standard InChI is InChI=1S/C9H20N4/c1-2-6-11-9(10)12-13-7-4-3-5-8-13/h2-8H2,1H3,(H3,10,11,12). The lowest BCUT2D eigenvalue weighted by molar-refractivity contribution is 0.193. The van der Waals surface area contributed by atoms with E-state index >= 15 is 0 Å². The molecule has 13 heavy (non-hydrogen) atoms. The number of guanidine groups is 1. The molecular formula is C9H20N4. The summed E-state index contributed by atoms with van der Waals surface area (Å²) >= 11 is 0. The molecule has 76 valence electrons. The van der Waals surface area contributed by atoms with Crippen LogP contribution in [0.15, 0.2) is 4.99 Å². The van der Waals surface area contributed by atoms with Crippen molar-refractivity contribution in [2.45, 2.75) is 32.6 Å². The molecule has 1 heterocycles. The van der Waals surface area contributed by atoms with Gasteiger partial charge in [-0.05, 0) is 19.3 Å². The van der Waals surface area contributed by atoms with Crippen LogP contribution >= 0.6 is 0 Å². The maximum absolute atomic E-state index is 5.69. The summed E-state index contributed by atoms with van der Waals surface area (Å²) in [6.45, 7) is 5.08. The van der Waals surface area contributed by atoms with Crippen LogP contribution in [0.3, 0.4) is 0 Å². The van der Waals surface area contributed by atoms with E-state index in [9.17, 15) is 0 Å². The fourth-order valence-electron chi connectivity index (χ4n) is 1.44. The Balaban J connectivity index is 2.21. The van der Waals surface area contributed by atoms with Gasteiger partial charge in [-0.1, -0.05) is 13.3 Å². The number of hydrogen-bond acceptors (Lipinski definition) is 2. The van der Waals surface area contributed by atoms with E-state index in [1.54, 1.807) is 0 Å². The molecule has 1 aliphatic heterocycles. The number of hydrazine groups is 1. The van der Waals surface area contributed by atoms with Gasteiger partial charge in [0.15, 0.2) is 0 Å². The molecule has 1 rings (SSSR count). The molecular weight excluding hydrogens is 164 g/mol. The smallest absolute Gasteiger partial charge is 0.203 e. The fraction of sp³-hybridized carbons (Fsp3) is 0.889. The van der Waals surface area contributed by atoms with Crippen molar-refractivity contribution in [3.63, 3.8) is 0 Å². The van der Waals surface area contributed by atoms with Gasteiger partial charge in [-0.2, -0.15) is 0 Å². The van der Waals surface area contributed by atoms with E-state index in [-0.39, 0.29) is 0 Å². The Labute approximate surface area is 80.2 Å². The second-order valence-electron chi connectivity index (χ2n) is 3.43. The Kier molecular flexibility index (Phi) is 4.60. The molecule has 3 N–H and O–H groups in total. The molecule has 1 saturated heterocycles. The van der Waals surface area contributed by atoms with Crippen LogP contribution < -0.4 is 11.2 Å².